The van der Waals surface area contributed by atoms with Crippen LogP contribution in [0, 0.1) is 0 Å². The summed E-state index contributed by atoms with van der Waals surface area (Å²) < 4.78 is 9.72. The Hall–Kier alpha value is -1.55. The van der Waals surface area contributed by atoms with Gasteiger partial charge < -0.3 is 9.47 Å². The summed E-state index contributed by atoms with van der Waals surface area (Å²) in [5.41, 5.74) is 0.584. The predicted molar refractivity (Wildman–Crippen MR) is 51.0 cm³/mol. The number of carbonyl (C=O) groups excluding carboxylic acids is 2. The molecule has 0 unspecified atom stereocenters. The van der Waals surface area contributed by atoms with Crippen LogP contribution in [-0.4, -0.2) is 11.9 Å². The molecule has 0 atom stereocenters. The highest BCUT2D eigenvalue weighted by Crippen LogP contribution is 2.25. The van der Waals surface area contributed by atoms with Crippen molar-refractivity contribution in [2.75, 3.05) is 0 Å². The van der Waals surface area contributed by atoms with Gasteiger partial charge in [-0.05, 0) is 12.1 Å². The maximum Gasteiger partial charge on any atom is 0.320 e. The third-order valence-corrected chi connectivity index (χ3v) is 2.16. The van der Waals surface area contributed by atoms with Crippen LogP contribution in [0.3, 0.4) is 0 Å². The number of rotatable bonds is 1. The first-order valence-electron chi connectivity index (χ1n) is 4.29. The van der Waals surface area contributed by atoms with Crippen LogP contribution in [0.1, 0.15) is 18.3 Å². The van der Waals surface area contributed by atoms with Crippen LogP contribution in [-0.2, 0) is 19.1 Å². The molecule has 1 aliphatic rings. The lowest BCUT2D eigenvalue weighted by Gasteiger charge is -2.22. The normalized spacial score (nSPS) is 17.1. The molecular formula is C10H7ClO4. The number of esters is 2. The van der Waals surface area contributed by atoms with Gasteiger partial charge in [-0.15, -0.1) is 0 Å². The van der Waals surface area contributed by atoms with E-state index in [2.05, 4.69) is 0 Å². The van der Waals surface area contributed by atoms with Crippen LogP contribution in [0.25, 0.3) is 0 Å². The van der Waals surface area contributed by atoms with E-state index in [1.807, 2.05) is 0 Å². The molecule has 1 saturated heterocycles. The van der Waals surface area contributed by atoms with Crippen LogP contribution in [0.5, 0.6) is 0 Å². The summed E-state index contributed by atoms with van der Waals surface area (Å²) >= 11 is 5.69. The Morgan fingerprint density at radius 2 is 1.60 bits per heavy atom. The second-order valence-electron chi connectivity index (χ2n) is 3.04. The zero-order valence-corrected chi connectivity index (χ0v) is 8.36. The van der Waals surface area contributed by atoms with E-state index in [1.165, 1.54) is 0 Å². The van der Waals surface area contributed by atoms with Gasteiger partial charge in [-0.25, -0.2) is 0 Å². The summed E-state index contributed by atoms with van der Waals surface area (Å²) in [5.74, 6) is -1.16. The average Bonchev–Trinajstić information content (AvgIpc) is 2.17. The van der Waals surface area contributed by atoms with Gasteiger partial charge in [0.1, 0.15) is 6.42 Å². The minimum absolute atomic E-state index is 0.329. The molecular weight excluding hydrogens is 220 g/mol. The first-order valence-corrected chi connectivity index (χ1v) is 4.67. The fourth-order valence-corrected chi connectivity index (χ4v) is 1.35. The lowest BCUT2D eigenvalue weighted by molar-refractivity contribution is -0.204. The van der Waals surface area contributed by atoms with Crippen molar-refractivity contribution in [2.45, 2.75) is 12.7 Å². The quantitative estimate of drug-likeness (QED) is 0.542. The van der Waals surface area contributed by atoms with E-state index < -0.39 is 18.2 Å². The molecule has 2 rings (SSSR count). The van der Waals surface area contributed by atoms with Crippen molar-refractivity contribution in [3.05, 3.63) is 34.9 Å². The van der Waals surface area contributed by atoms with E-state index in [4.69, 9.17) is 21.1 Å². The topological polar surface area (TPSA) is 52.6 Å². The zero-order chi connectivity index (χ0) is 10.8. The Morgan fingerprint density at radius 1 is 1.07 bits per heavy atom. The molecule has 0 aromatic heterocycles. The van der Waals surface area contributed by atoms with Gasteiger partial charge in [0, 0.05) is 10.6 Å². The molecule has 0 amide bonds. The highest BCUT2D eigenvalue weighted by atomic mass is 35.5. The molecule has 0 bridgehead atoms. The third kappa shape index (κ3) is 2.27. The van der Waals surface area contributed by atoms with Crippen molar-refractivity contribution in [3.63, 3.8) is 0 Å². The first kappa shape index (κ1) is 9.98. The summed E-state index contributed by atoms with van der Waals surface area (Å²) in [6.45, 7) is 0. The van der Waals surface area contributed by atoms with E-state index in [1.54, 1.807) is 24.3 Å². The van der Waals surface area contributed by atoms with Crippen molar-refractivity contribution in [1.82, 2.24) is 0 Å². The Labute approximate surface area is 90.7 Å². The van der Waals surface area contributed by atoms with E-state index in [0.717, 1.165) is 0 Å². The molecule has 4 nitrogen and oxygen atoms in total. The van der Waals surface area contributed by atoms with Crippen LogP contribution >= 0.6 is 11.6 Å². The molecule has 1 aromatic rings. The summed E-state index contributed by atoms with van der Waals surface area (Å²) in [6, 6.07) is 6.54. The smallest absolute Gasteiger partial charge is 0.320 e. The SMILES string of the molecule is O=C1CC(=O)OC(c2ccc(Cl)cc2)O1. The molecule has 0 aliphatic carbocycles. The molecule has 0 N–H and O–H groups in total. The lowest BCUT2D eigenvalue weighted by Crippen LogP contribution is -2.26. The number of ether oxygens (including phenoxy) is 2. The minimum Gasteiger partial charge on any atom is -0.420 e. The molecule has 1 aromatic carbocycles. The van der Waals surface area contributed by atoms with Crippen LogP contribution in [0.4, 0.5) is 0 Å². The van der Waals surface area contributed by atoms with Crippen molar-refractivity contribution < 1.29 is 19.1 Å². The fraction of sp³-hybridized carbons (Fsp3) is 0.200. The molecule has 0 spiro atoms. The molecule has 15 heavy (non-hydrogen) atoms. The highest BCUT2D eigenvalue weighted by molar-refractivity contribution is 6.30. The number of hydrogen-bond acceptors (Lipinski definition) is 4. The van der Waals surface area contributed by atoms with Gasteiger partial charge in [0.25, 0.3) is 6.29 Å². The maximum atomic E-state index is 11.0. The number of cyclic esters (lactones) is 2. The van der Waals surface area contributed by atoms with Crippen molar-refractivity contribution in [3.8, 4) is 0 Å². The van der Waals surface area contributed by atoms with Crippen molar-refractivity contribution >= 4 is 23.5 Å². The molecule has 78 valence electrons. The monoisotopic (exact) mass is 226 g/mol. The number of benzene rings is 1. The summed E-state index contributed by atoms with van der Waals surface area (Å²) in [5, 5.41) is 0.562. The van der Waals surface area contributed by atoms with Gasteiger partial charge in [-0.1, -0.05) is 23.7 Å². The molecule has 1 aliphatic heterocycles. The molecule has 0 saturated carbocycles. The third-order valence-electron chi connectivity index (χ3n) is 1.91. The highest BCUT2D eigenvalue weighted by Gasteiger charge is 2.28. The Kier molecular flexibility index (Phi) is 2.60. The minimum atomic E-state index is -0.948. The predicted octanol–water partition coefficient (Wildman–Crippen LogP) is 1.83. The number of halogens is 1. The Morgan fingerprint density at radius 3 is 2.13 bits per heavy atom. The molecule has 0 radical (unpaired) electrons. The van der Waals surface area contributed by atoms with Crippen LogP contribution < -0.4 is 0 Å². The van der Waals surface area contributed by atoms with Gasteiger partial charge in [0.05, 0.1) is 0 Å². The van der Waals surface area contributed by atoms with Gasteiger partial charge in [0.2, 0.25) is 0 Å². The molecule has 1 fully saturated rings. The van der Waals surface area contributed by atoms with Gasteiger partial charge in [-0.2, -0.15) is 0 Å². The summed E-state index contributed by atoms with van der Waals surface area (Å²) in [7, 11) is 0. The summed E-state index contributed by atoms with van der Waals surface area (Å²) in [4.78, 5) is 22.0. The summed E-state index contributed by atoms with van der Waals surface area (Å²) in [6.07, 6.45) is -1.28. The standard InChI is InChI=1S/C10H7ClO4/c11-7-3-1-6(2-4-7)10-14-8(12)5-9(13)15-10/h1-4,10H,5H2. The number of carbonyl (C=O) groups is 2. The largest absolute Gasteiger partial charge is 0.420 e. The maximum absolute atomic E-state index is 11.0. The van der Waals surface area contributed by atoms with Crippen LogP contribution in [0.2, 0.25) is 5.02 Å². The van der Waals surface area contributed by atoms with Crippen LogP contribution in [0.15, 0.2) is 24.3 Å². The van der Waals surface area contributed by atoms with Gasteiger partial charge in [-0.3, -0.25) is 9.59 Å². The van der Waals surface area contributed by atoms with Gasteiger partial charge >= 0.3 is 11.9 Å². The number of hydrogen-bond donors (Lipinski definition) is 0. The molecule has 5 heteroatoms. The van der Waals surface area contributed by atoms with E-state index >= 15 is 0 Å². The fourth-order valence-electron chi connectivity index (χ4n) is 1.22. The second-order valence-corrected chi connectivity index (χ2v) is 3.48. The first-order chi connectivity index (χ1) is 7.15. The van der Waals surface area contributed by atoms with E-state index in [-0.39, 0.29) is 6.42 Å². The Balaban J connectivity index is 2.19. The van der Waals surface area contributed by atoms with Crippen molar-refractivity contribution in [2.24, 2.45) is 0 Å². The Bertz CT molecular complexity index is 382. The van der Waals surface area contributed by atoms with E-state index in [0.29, 0.717) is 10.6 Å². The van der Waals surface area contributed by atoms with Gasteiger partial charge in [0.15, 0.2) is 0 Å². The zero-order valence-electron chi connectivity index (χ0n) is 7.60. The van der Waals surface area contributed by atoms with Crippen molar-refractivity contribution in [1.29, 1.82) is 0 Å². The molecule has 1 heterocycles. The lowest BCUT2D eigenvalue weighted by atomic mass is 10.2. The second kappa shape index (κ2) is 3.90. The average molecular weight is 227 g/mol. The van der Waals surface area contributed by atoms with E-state index in [9.17, 15) is 9.59 Å².